The summed E-state index contributed by atoms with van der Waals surface area (Å²) in [6.45, 7) is 40.9. The summed E-state index contributed by atoms with van der Waals surface area (Å²) in [5.74, 6) is 0. The van der Waals surface area contributed by atoms with Gasteiger partial charge in [0, 0.05) is 66.4 Å². The number of para-hydroxylation sites is 2. The van der Waals surface area contributed by atoms with Gasteiger partial charge in [-0.05, 0) is 236 Å². The topological polar surface area (TPSA) is 29.5 Å². The van der Waals surface area contributed by atoms with E-state index in [4.69, 9.17) is 5.79 Å². The van der Waals surface area contributed by atoms with Gasteiger partial charge < -0.3 is 23.4 Å². The van der Waals surface area contributed by atoms with Crippen molar-refractivity contribution in [1.29, 1.82) is 0 Å². The SMILES string of the molecule is [2H]c1c([2H])c([2H])c(-c2ccc3c(c2)N(c2cccc4c2oc2c(-n5c6ccc(C(C)(C)C)cc6c6cc(C(C)(C)C)ccc65)cccc24)c2cc(-c4cc(C(C)(C)C)cc(C(C)(C)C)c4)cc4c2B3c2ccc(-n3c5ccc(C(C)(C)C)cc5c5cc(C(C)(C)C)ccc53)cc2N4c2cc(-c3ccccc3)cc(-c3ccccc3)c2)c([2H])c1[2H]. The molecule has 0 N–H and O–H groups in total. The summed E-state index contributed by atoms with van der Waals surface area (Å²) in [6, 6.07) is 93.5. The van der Waals surface area contributed by atoms with Gasteiger partial charge in [-0.15, -0.1) is 0 Å². The molecule has 562 valence electrons. The molecule has 0 amide bonds. The number of anilines is 6. The van der Waals surface area contributed by atoms with E-state index in [1.165, 1.54) is 54.9 Å². The van der Waals surface area contributed by atoms with Gasteiger partial charge >= 0.3 is 0 Å². The minimum absolute atomic E-state index is 0.0973. The van der Waals surface area contributed by atoms with Gasteiger partial charge in [-0.25, -0.2) is 0 Å². The van der Waals surface area contributed by atoms with Gasteiger partial charge in [0.25, 0.3) is 6.71 Å². The van der Waals surface area contributed by atoms with E-state index in [-0.39, 0.29) is 50.1 Å². The molecule has 0 fully saturated rings. The molecule has 0 radical (unpaired) electrons. The van der Waals surface area contributed by atoms with Crippen LogP contribution in [0.4, 0.5) is 34.1 Å². The van der Waals surface area contributed by atoms with Crippen molar-refractivity contribution in [3.8, 4) is 55.9 Å². The van der Waals surface area contributed by atoms with Gasteiger partial charge in [-0.1, -0.05) is 300 Å². The Morgan fingerprint density at radius 1 is 0.254 bits per heavy atom. The molecule has 0 aliphatic carbocycles. The summed E-state index contributed by atoms with van der Waals surface area (Å²) in [5.41, 5.74) is 29.8. The number of hydrogen-bond donors (Lipinski definition) is 0. The molecule has 0 unspecified atom stereocenters. The molecule has 2 aliphatic heterocycles. The Labute approximate surface area is 680 Å². The lowest BCUT2D eigenvalue weighted by atomic mass is 9.33. The Morgan fingerprint density at radius 3 is 1.13 bits per heavy atom. The summed E-state index contributed by atoms with van der Waals surface area (Å²) in [5, 5.41) is 6.64. The summed E-state index contributed by atoms with van der Waals surface area (Å²) < 4.78 is 59.5. The van der Waals surface area contributed by atoms with Gasteiger partial charge in [0.2, 0.25) is 0 Å². The molecule has 5 heterocycles. The molecular weight excluding hydrogens is 1380 g/mol. The molecule has 2 aliphatic rings. The summed E-state index contributed by atoms with van der Waals surface area (Å²) >= 11 is 0. The molecule has 5 nitrogen and oxygen atoms in total. The number of fused-ring (bicyclic) bond motifs is 13. The second-order valence-corrected chi connectivity index (χ2v) is 38.4. The van der Waals surface area contributed by atoms with E-state index in [0.717, 1.165) is 134 Å². The second-order valence-electron chi connectivity index (χ2n) is 38.4. The van der Waals surface area contributed by atoms with Crippen LogP contribution in [0.25, 0.3) is 121 Å². The number of hydrogen-bond acceptors (Lipinski definition) is 3. The summed E-state index contributed by atoms with van der Waals surface area (Å²) in [6.07, 6.45) is 0. The lowest BCUT2D eigenvalue weighted by Gasteiger charge is -2.45. The molecule has 3 aromatic heterocycles. The Balaban J connectivity index is 0.961. The van der Waals surface area contributed by atoms with E-state index in [0.29, 0.717) is 11.1 Å². The Morgan fingerprint density at radius 2 is 0.658 bits per heavy atom. The highest BCUT2D eigenvalue weighted by Crippen LogP contribution is 2.53. The van der Waals surface area contributed by atoms with Crippen molar-refractivity contribution < 1.29 is 11.3 Å². The third kappa shape index (κ3) is 12.0. The van der Waals surface area contributed by atoms with Crippen LogP contribution < -0.4 is 26.2 Å². The van der Waals surface area contributed by atoms with E-state index in [2.05, 4.69) is 392 Å². The quantitative estimate of drug-likeness (QED) is 0.142. The first-order valence-electron chi connectivity index (χ1n) is 43.1. The van der Waals surface area contributed by atoms with Crippen LogP contribution in [-0.2, 0) is 32.5 Å². The first kappa shape index (κ1) is 66.7. The van der Waals surface area contributed by atoms with Crippen LogP contribution in [0.1, 0.15) is 165 Å². The third-order valence-electron chi connectivity index (χ3n) is 24.4. The molecule has 114 heavy (non-hydrogen) atoms. The van der Waals surface area contributed by atoms with Crippen molar-refractivity contribution in [2.45, 2.75) is 157 Å². The first-order chi connectivity index (χ1) is 56.4. The minimum atomic E-state index is -0.456. The molecule has 17 aromatic rings. The zero-order valence-electron chi connectivity index (χ0n) is 74.0. The van der Waals surface area contributed by atoms with Crippen LogP contribution in [0.2, 0.25) is 0 Å². The predicted octanol–water partition coefficient (Wildman–Crippen LogP) is 28.3. The lowest BCUT2D eigenvalue weighted by Crippen LogP contribution is -2.61. The van der Waals surface area contributed by atoms with Crippen molar-refractivity contribution >= 4 is 123 Å². The van der Waals surface area contributed by atoms with Gasteiger partial charge in [0.15, 0.2) is 11.2 Å². The Hall–Kier alpha value is -11.9. The fourth-order valence-corrected chi connectivity index (χ4v) is 18.0. The van der Waals surface area contributed by atoms with Crippen LogP contribution >= 0.6 is 0 Å². The lowest BCUT2D eigenvalue weighted by molar-refractivity contribution is 0.569. The maximum atomic E-state index is 9.71. The molecular formula is C108H101BN4O. The van der Waals surface area contributed by atoms with Crippen molar-refractivity contribution in [2.24, 2.45) is 0 Å². The summed E-state index contributed by atoms with van der Waals surface area (Å²) in [4.78, 5) is 4.96. The smallest absolute Gasteiger partial charge is 0.252 e. The molecule has 0 saturated carbocycles. The van der Waals surface area contributed by atoms with Gasteiger partial charge in [-0.3, -0.25) is 0 Å². The molecule has 6 heteroatoms. The number of nitrogens with zero attached hydrogens (tertiary/aromatic N) is 4. The molecule has 19 rings (SSSR count). The van der Waals surface area contributed by atoms with Crippen LogP contribution in [0, 0.1) is 0 Å². The monoisotopic (exact) mass is 1490 g/mol. The zero-order chi connectivity index (χ0) is 83.5. The van der Waals surface area contributed by atoms with Crippen LogP contribution in [0.5, 0.6) is 0 Å². The van der Waals surface area contributed by atoms with Gasteiger partial charge in [0.1, 0.15) is 0 Å². The highest BCUT2D eigenvalue weighted by atomic mass is 16.3. The highest BCUT2D eigenvalue weighted by molar-refractivity contribution is 7.00. The number of benzene rings is 14. The van der Waals surface area contributed by atoms with Crippen molar-refractivity contribution in [2.75, 3.05) is 9.80 Å². The van der Waals surface area contributed by atoms with E-state index < -0.39 is 24.8 Å². The number of furan rings is 1. The van der Waals surface area contributed by atoms with Crippen LogP contribution in [0.15, 0.2) is 289 Å². The molecule has 0 spiro atoms. The van der Waals surface area contributed by atoms with E-state index in [9.17, 15) is 5.48 Å². The molecule has 14 aromatic carbocycles. The Bertz CT molecular complexity index is 6860. The van der Waals surface area contributed by atoms with Crippen molar-refractivity contribution in [1.82, 2.24) is 9.13 Å². The van der Waals surface area contributed by atoms with Crippen molar-refractivity contribution in [3.05, 3.63) is 318 Å². The fraction of sp³-hybridized carbons (Fsp3) is 0.222. The Kier molecular flexibility index (Phi) is 15.1. The normalized spacial score (nSPS) is 14.1. The average molecular weight is 1490 g/mol. The number of rotatable bonds is 8. The molecule has 0 saturated heterocycles. The fourth-order valence-electron chi connectivity index (χ4n) is 18.0. The second kappa shape index (κ2) is 25.8. The zero-order valence-corrected chi connectivity index (χ0v) is 69.0. The minimum Gasteiger partial charge on any atom is -0.452 e. The van der Waals surface area contributed by atoms with E-state index in [1.54, 1.807) is 0 Å². The summed E-state index contributed by atoms with van der Waals surface area (Å²) in [7, 11) is 0. The maximum Gasteiger partial charge on any atom is 0.252 e. The number of aromatic nitrogens is 2. The van der Waals surface area contributed by atoms with Crippen molar-refractivity contribution in [3.63, 3.8) is 0 Å². The first-order valence-corrected chi connectivity index (χ1v) is 40.6. The van der Waals surface area contributed by atoms with Gasteiger partial charge in [0.05, 0.1) is 40.3 Å². The van der Waals surface area contributed by atoms with E-state index in [1.807, 2.05) is 6.07 Å². The maximum absolute atomic E-state index is 9.71. The van der Waals surface area contributed by atoms with Crippen LogP contribution in [-0.4, -0.2) is 15.8 Å². The van der Waals surface area contributed by atoms with Crippen LogP contribution in [0.3, 0.4) is 0 Å². The third-order valence-corrected chi connectivity index (χ3v) is 24.4. The molecule has 0 atom stereocenters. The standard InChI is InChI=1S/C108H101BN4O/c1-103(2,3)74-41-48-90-84(61-74)85-62-75(104(4,5)6)42-49-91(85)110(90)80-45-47-89-97(65-80)111(81-55-70(67-32-24-20-25-33-67)52-71(56-81)68-34-26-21-27-35-68)98-58-73(72-53-78(107(13,14)15)60-79(54-72)108(16,17)18)59-99-100(98)109(89)88-46-40-69(66-30-22-19-23-31-66)57-96(88)113(99)95-39-29-37-83-82-36-28-38-94(101(82)114-102(83)95)112-92-50-43-76(105(7,8)9)63-86(92)87-64-77(106(10,11)12)44-51-93(87)112/h19-65H,1-18H3/i19D,22D,23D,30D,31D. The van der Waals surface area contributed by atoms with E-state index >= 15 is 0 Å². The average Bonchev–Trinajstić information content (AvgIpc) is 1.41. The van der Waals surface area contributed by atoms with Gasteiger partial charge in [-0.2, -0.15) is 0 Å². The molecule has 0 bridgehead atoms. The largest absolute Gasteiger partial charge is 0.452 e. The predicted molar refractivity (Wildman–Crippen MR) is 490 cm³/mol. The highest BCUT2D eigenvalue weighted by Gasteiger charge is 2.45.